The van der Waals surface area contributed by atoms with E-state index in [0.717, 1.165) is 11.3 Å². The van der Waals surface area contributed by atoms with E-state index < -0.39 is 0 Å². The van der Waals surface area contributed by atoms with E-state index in [1.807, 2.05) is 48.5 Å². The third kappa shape index (κ3) is 5.85. The van der Waals surface area contributed by atoms with E-state index in [1.54, 1.807) is 18.4 Å². The van der Waals surface area contributed by atoms with Crippen molar-refractivity contribution in [3.05, 3.63) is 89.9 Å². The van der Waals surface area contributed by atoms with Crippen molar-refractivity contribution in [2.24, 2.45) is 0 Å². The summed E-state index contributed by atoms with van der Waals surface area (Å²) >= 11 is 0. The molecule has 0 fully saturated rings. The topological polar surface area (TPSA) is 51.5 Å². The summed E-state index contributed by atoms with van der Waals surface area (Å²) in [5.41, 5.74) is 2.75. The Kier molecular flexibility index (Phi) is 6.55. The fraction of sp³-hybridized carbons (Fsp3) is 0.240. The van der Waals surface area contributed by atoms with Gasteiger partial charge < -0.3 is 14.5 Å². The van der Waals surface area contributed by atoms with Crippen LogP contribution in [0.25, 0.3) is 11.6 Å². The Balaban J connectivity index is 1.58. The summed E-state index contributed by atoms with van der Waals surface area (Å²) in [7, 11) is 0. The van der Waals surface area contributed by atoms with Crippen LogP contribution >= 0.6 is 0 Å². The maximum Gasteiger partial charge on any atom is 0.252 e. The summed E-state index contributed by atoms with van der Waals surface area (Å²) in [6.07, 6.45) is 3.34. The van der Waals surface area contributed by atoms with Crippen molar-refractivity contribution < 1.29 is 13.9 Å². The molecule has 0 atom stereocenters. The van der Waals surface area contributed by atoms with E-state index in [0.29, 0.717) is 24.5 Å². The van der Waals surface area contributed by atoms with E-state index in [2.05, 4.69) is 38.2 Å². The molecule has 2 aromatic carbocycles. The summed E-state index contributed by atoms with van der Waals surface area (Å²) < 4.78 is 11.1. The van der Waals surface area contributed by atoms with Gasteiger partial charge in [-0.2, -0.15) is 0 Å². The Labute approximate surface area is 172 Å². The molecule has 150 valence electrons. The molecule has 1 N–H and O–H groups in total. The standard InChI is InChI=1S/C25H27NO3/c1-25(2,3)20-11-13-21(14-12-20)29-17-15-26-24(27)23(18-22-10-7-16-28-22)19-8-5-4-6-9-19/h4-14,16,18H,15,17H2,1-3H3,(H,26,27)/b23-18+. The number of ether oxygens (including phenoxy) is 1. The average molecular weight is 389 g/mol. The van der Waals surface area contributed by atoms with Crippen LogP contribution in [-0.4, -0.2) is 19.1 Å². The molecule has 0 aliphatic rings. The summed E-state index contributed by atoms with van der Waals surface area (Å²) in [5, 5.41) is 2.93. The highest BCUT2D eigenvalue weighted by molar-refractivity contribution is 6.24. The Morgan fingerprint density at radius 2 is 1.72 bits per heavy atom. The number of carbonyl (C=O) groups is 1. The number of nitrogens with one attached hydrogen (secondary N) is 1. The highest BCUT2D eigenvalue weighted by atomic mass is 16.5. The van der Waals surface area contributed by atoms with E-state index >= 15 is 0 Å². The predicted octanol–water partition coefficient (Wildman–Crippen LogP) is 5.31. The van der Waals surface area contributed by atoms with Crippen LogP contribution in [0.4, 0.5) is 0 Å². The molecule has 29 heavy (non-hydrogen) atoms. The average Bonchev–Trinajstić information content (AvgIpc) is 3.23. The first-order chi connectivity index (χ1) is 13.9. The Morgan fingerprint density at radius 1 is 1.00 bits per heavy atom. The zero-order chi connectivity index (χ0) is 20.7. The minimum absolute atomic E-state index is 0.112. The van der Waals surface area contributed by atoms with Gasteiger partial charge in [-0.1, -0.05) is 63.2 Å². The number of hydrogen-bond acceptors (Lipinski definition) is 3. The molecule has 0 spiro atoms. The van der Waals surface area contributed by atoms with Crippen molar-refractivity contribution in [3.63, 3.8) is 0 Å². The van der Waals surface area contributed by atoms with Gasteiger partial charge >= 0.3 is 0 Å². The minimum atomic E-state index is -0.167. The highest BCUT2D eigenvalue weighted by Crippen LogP contribution is 2.24. The van der Waals surface area contributed by atoms with Gasteiger partial charge in [0.25, 0.3) is 5.91 Å². The number of rotatable bonds is 7. The second-order valence-corrected chi connectivity index (χ2v) is 7.82. The fourth-order valence-corrected chi connectivity index (χ4v) is 2.89. The lowest BCUT2D eigenvalue weighted by Gasteiger charge is -2.19. The summed E-state index contributed by atoms with van der Waals surface area (Å²) in [6, 6.07) is 21.2. The van der Waals surface area contributed by atoms with Gasteiger partial charge in [0.15, 0.2) is 0 Å². The molecule has 3 aromatic rings. The Hall–Kier alpha value is -3.27. The molecule has 1 heterocycles. The van der Waals surface area contributed by atoms with Gasteiger partial charge in [0.05, 0.1) is 18.4 Å². The molecule has 0 aliphatic carbocycles. The molecule has 1 aromatic heterocycles. The summed E-state index contributed by atoms with van der Waals surface area (Å²) in [6.45, 7) is 7.34. The summed E-state index contributed by atoms with van der Waals surface area (Å²) in [5.74, 6) is 1.26. The van der Waals surface area contributed by atoms with Gasteiger partial charge in [-0.25, -0.2) is 0 Å². The van der Waals surface area contributed by atoms with Gasteiger partial charge in [-0.3, -0.25) is 4.79 Å². The lowest BCUT2D eigenvalue weighted by Crippen LogP contribution is -2.28. The van der Waals surface area contributed by atoms with Crippen LogP contribution in [0.5, 0.6) is 5.75 Å². The summed E-state index contributed by atoms with van der Waals surface area (Å²) in [4.78, 5) is 12.8. The second-order valence-electron chi connectivity index (χ2n) is 7.82. The maximum absolute atomic E-state index is 12.8. The molecule has 0 radical (unpaired) electrons. The van der Waals surface area contributed by atoms with Gasteiger partial charge in [0.1, 0.15) is 18.1 Å². The third-order valence-electron chi connectivity index (χ3n) is 4.54. The van der Waals surface area contributed by atoms with Gasteiger partial charge in [-0.05, 0) is 46.9 Å². The first-order valence-electron chi connectivity index (χ1n) is 9.76. The first kappa shape index (κ1) is 20.5. The second kappa shape index (κ2) is 9.28. The molecular formula is C25H27NO3. The lowest BCUT2D eigenvalue weighted by atomic mass is 9.87. The lowest BCUT2D eigenvalue weighted by molar-refractivity contribution is -0.115. The molecular weight excluding hydrogens is 362 g/mol. The molecule has 3 rings (SSSR count). The van der Waals surface area contributed by atoms with Crippen molar-refractivity contribution >= 4 is 17.6 Å². The zero-order valence-electron chi connectivity index (χ0n) is 17.1. The third-order valence-corrected chi connectivity index (χ3v) is 4.54. The number of amides is 1. The monoisotopic (exact) mass is 389 g/mol. The first-order valence-corrected chi connectivity index (χ1v) is 9.76. The Bertz CT molecular complexity index is 934. The number of furan rings is 1. The Morgan fingerprint density at radius 3 is 2.34 bits per heavy atom. The van der Waals surface area contributed by atoms with Crippen LogP contribution in [0, 0.1) is 0 Å². The predicted molar refractivity (Wildman–Crippen MR) is 117 cm³/mol. The van der Waals surface area contributed by atoms with E-state index in [9.17, 15) is 4.79 Å². The smallest absolute Gasteiger partial charge is 0.252 e. The SMILES string of the molecule is CC(C)(C)c1ccc(OCCNC(=O)/C(=C/c2ccco2)c2ccccc2)cc1. The van der Waals surface area contributed by atoms with Gasteiger partial charge in [0.2, 0.25) is 0 Å². The van der Waals surface area contributed by atoms with Crippen molar-refractivity contribution in [1.29, 1.82) is 0 Å². The van der Waals surface area contributed by atoms with Crippen molar-refractivity contribution in [2.45, 2.75) is 26.2 Å². The number of carbonyl (C=O) groups excluding carboxylic acids is 1. The molecule has 0 aliphatic heterocycles. The van der Waals surface area contributed by atoms with E-state index in [1.165, 1.54) is 5.56 Å². The van der Waals surface area contributed by atoms with Gasteiger partial charge in [0, 0.05) is 0 Å². The molecule has 0 unspecified atom stereocenters. The number of benzene rings is 2. The van der Waals surface area contributed by atoms with Crippen molar-refractivity contribution in [2.75, 3.05) is 13.2 Å². The van der Waals surface area contributed by atoms with Crippen LogP contribution in [0.2, 0.25) is 0 Å². The quantitative estimate of drug-likeness (QED) is 0.440. The number of hydrogen-bond donors (Lipinski definition) is 1. The van der Waals surface area contributed by atoms with Crippen LogP contribution in [0.1, 0.15) is 37.7 Å². The van der Waals surface area contributed by atoms with E-state index in [4.69, 9.17) is 9.15 Å². The normalized spacial score (nSPS) is 11.9. The molecule has 4 nitrogen and oxygen atoms in total. The molecule has 1 amide bonds. The fourth-order valence-electron chi connectivity index (χ4n) is 2.89. The zero-order valence-corrected chi connectivity index (χ0v) is 17.1. The van der Waals surface area contributed by atoms with Crippen LogP contribution in [-0.2, 0) is 10.2 Å². The van der Waals surface area contributed by atoms with Crippen LogP contribution < -0.4 is 10.1 Å². The molecule has 0 saturated carbocycles. The van der Waals surface area contributed by atoms with Crippen molar-refractivity contribution in [3.8, 4) is 5.75 Å². The maximum atomic E-state index is 12.8. The molecule has 4 heteroatoms. The van der Waals surface area contributed by atoms with Crippen LogP contribution in [0.3, 0.4) is 0 Å². The largest absolute Gasteiger partial charge is 0.492 e. The van der Waals surface area contributed by atoms with Crippen molar-refractivity contribution in [1.82, 2.24) is 5.32 Å². The minimum Gasteiger partial charge on any atom is -0.492 e. The molecule has 0 saturated heterocycles. The van der Waals surface area contributed by atoms with Gasteiger partial charge in [-0.15, -0.1) is 0 Å². The highest BCUT2D eigenvalue weighted by Gasteiger charge is 2.14. The van der Waals surface area contributed by atoms with E-state index in [-0.39, 0.29) is 11.3 Å². The van der Waals surface area contributed by atoms with Crippen LogP contribution in [0.15, 0.2) is 77.4 Å². The molecule has 0 bridgehead atoms.